The van der Waals surface area contributed by atoms with Crippen LogP contribution in [-0.4, -0.2) is 20.9 Å². The van der Waals surface area contributed by atoms with Crippen LogP contribution in [-0.2, 0) is 10.2 Å². The molecule has 1 fully saturated rings. The van der Waals surface area contributed by atoms with Crippen LogP contribution in [0.25, 0.3) is 5.69 Å². The number of hydrogen-bond donors (Lipinski definition) is 1. The summed E-state index contributed by atoms with van der Waals surface area (Å²) in [5.74, 6) is -0.789. The molecule has 19 heavy (non-hydrogen) atoms. The molecule has 5 heteroatoms. The number of nitrogens with zero attached hydrogens (tertiary/aromatic N) is 2. The predicted molar refractivity (Wildman–Crippen MR) is 74.5 cm³/mol. The number of benzene rings is 1. The maximum Gasteiger partial charge on any atom is 0.315 e. The Morgan fingerprint density at radius 3 is 2.53 bits per heavy atom. The summed E-state index contributed by atoms with van der Waals surface area (Å²) < 4.78 is 2.48. The average molecular weight is 321 g/mol. The largest absolute Gasteiger partial charge is 0.481 e. The highest BCUT2D eigenvalue weighted by Crippen LogP contribution is 2.50. The van der Waals surface area contributed by atoms with E-state index in [1.165, 1.54) is 5.56 Å². The van der Waals surface area contributed by atoms with Crippen molar-refractivity contribution in [2.75, 3.05) is 0 Å². The van der Waals surface area contributed by atoms with Crippen molar-refractivity contribution >= 4 is 21.9 Å². The van der Waals surface area contributed by atoms with Crippen LogP contribution >= 0.6 is 15.9 Å². The Hall–Kier alpha value is -1.62. The zero-order valence-electron chi connectivity index (χ0n) is 10.4. The van der Waals surface area contributed by atoms with Crippen molar-refractivity contribution in [1.29, 1.82) is 0 Å². The van der Waals surface area contributed by atoms with Gasteiger partial charge in [-0.25, -0.2) is 4.68 Å². The number of carboxylic acids is 1. The summed E-state index contributed by atoms with van der Waals surface area (Å²) >= 11 is 3.43. The van der Waals surface area contributed by atoms with Gasteiger partial charge in [0.2, 0.25) is 0 Å². The van der Waals surface area contributed by atoms with Gasteiger partial charge in [0.15, 0.2) is 0 Å². The van der Waals surface area contributed by atoms with Crippen LogP contribution in [0.15, 0.2) is 34.9 Å². The first kappa shape index (κ1) is 12.4. The molecule has 1 heterocycles. The topological polar surface area (TPSA) is 55.1 Å². The Kier molecular flexibility index (Phi) is 2.74. The van der Waals surface area contributed by atoms with Crippen molar-refractivity contribution in [1.82, 2.24) is 9.78 Å². The molecule has 0 spiro atoms. The fourth-order valence-electron chi connectivity index (χ4n) is 2.18. The molecule has 1 aromatic heterocycles. The van der Waals surface area contributed by atoms with Gasteiger partial charge >= 0.3 is 5.97 Å². The van der Waals surface area contributed by atoms with Crippen molar-refractivity contribution in [3.05, 3.63) is 46.2 Å². The van der Waals surface area contributed by atoms with E-state index < -0.39 is 11.4 Å². The summed E-state index contributed by atoms with van der Waals surface area (Å²) in [6, 6.07) is 7.96. The second-order valence-electron chi connectivity index (χ2n) is 4.99. The Labute approximate surface area is 119 Å². The number of hydrogen-bond acceptors (Lipinski definition) is 2. The van der Waals surface area contributed by atoms with Crippen molar-refractivity contribution in [3.8, 4) is 5.69 Å². The van der Waals surface area contributed by atoms with Gasteiger partial charge in [0.1, 0.15) is 5.41 Å². The third-order valence-corrected chi connectivity index (χ3v) is 4.16. The third-order valence-electron chi connectivity index (χ3n) is 3.58. The zero-order chi connectivity index (χ0) is 13.6. The molecular weight excluding hydrogens is 308 g/mol. The average Bonchev–Trinajstić information content (AvgIpc) is 3.09. The van der Waals surface area contributed by atoms with Crippen molar-refractivity contribution in [2.45, 2.75) is 25.2 Å². The number of aliphatic carboxylic acids is 1. The molecular formula is C14H13BrN2O2. The molecule has 0 amide bonds. The van der Waals surface area contributed by atoms with E-state index in [0.29, 0.717) is 18.5 Å². The van der Waals surface area contributed by atoms with Gasteiger partial charge in [-0.3, -0.25) is 4.79 Å². The lowest BCUT2D eigenvalue weighted by molar-refractivity contribution is -0.140. The Morgan fingerprint density at radius 1 is 1.37 bits per heavy atom. The summed E-state index contributed by atoms with van der Waals surface area (Å²) in [4.78, 5) is 11.4. The fraction of sp³-hybridized carbons (Fsp3) is 0.286. The van der Waals surface area contributed by atoms with Gasteiger partial charge in [-0.05, 0) is 47.8 Å². The van der Waals surface area contributed by atoms with Crippen LogP contribution in [0.5, 0.6) is 0 Å². The smallest absolute Gasteiger partial charge is 0.315 e. The van der Waals surface area contributed by atoms with Gasteiger partial charge in [0.25, 0.3) is 0 Å². The van der Waals surface area contributed by atoms with E-state index in [0.717, 1.165) is 10.2 Å². The number of aromatic nitrogens is 2. The normalized spacial score (nSPS) is 16.3. The number of rotatable bonds is 3. The monoisotopic (exact) mass is 320 g/mol. The Balaban J connectivity index is 2.03. The number of carboxylic acid groups (broad SMARTS) is 1. The highest BCUT2D eigenvalue weighted by Gasteiger charge is 2.54. The van der Waals surface area contributed by atoms with Crippen LogP contribution in [0, 0.1) is 6.92 Å². The lowest BCUT2D eigenvalue weighted by atomic mass is 10.0. The molecule has 1 saturated carbocycles. The van der Waals surface area contributed by atoms with Crippen molar-refractivity contribution in [3.63, 3.8) is 0 Å². The predicted octanol–water partition coefficient (Wildman–Crippen LogP) is 3.06. The summed E-state index contributed by atoms with van der Waals surface area (Å²) in [6.45, 7) is 2.03. The molecule has 0 aliphatic heterocycles. The van der Waals surface area contributed by atoms with E-state index in [1.54, 1.807) is 4.68 Å². The zero-order valence-corrected chi connectivity index (χ0v) is 12.0. The molecule has 0 radical (unpaired) electrons. The van der Waals surface area contributed by atoms with E-state index in [2.05, 4.69) is 21.0 Å². The molecule has 0 saturated heterocycles. The molecule has 4 nitrogen and oxygen atoms in total. The molecule has 98 valence electrons. The first-order chi connectivity index (χ1) is 9.03. The Morgan fingerprint density at radius 2 is 2.00 bits per heavy atom. The van der Waals surface area contributed by atoms with Gasteiger partial charge in [-0.15, -0.1) is 0 Å². The molecule has 1 aliphatic carbocycles. The molecule has 3 rings (SSSR count). The molecule has 0 bridgehead atoms. The maximum absolute atomic E-state index is 11.4. The number of carbonyl (C=O) groups is 1. The van der Waals surface area contributed by atoms with E-state index in [-0.39, 0.29) is 0 Å². The lowest BCUT2D eigenvalue weighted by Crippen LogP contribution is -2.20. The third kappa shape index (κ3) is 1.98. The van der Waals surface area contributed by atoms with Gasteiger partial charge < -0.3 is 5.11 Å². The fourth-order valence-corrected chi connectivity index (χ4v) is 2.84. The van der Waals surface area contributed by atoms with Crippen LogP contribution in [0.4, 0.5) is 0 Å². The highest BCUT2D eigenvalue weighted by molar-refractivity contribution is 9.10. The summed E-state index contributed by atoms with van der Waals surface area (Å²) in [7, 11) is 0. The molecule has 0 unspecified atom stereocenters. The molecule has 1 aromatic carbocycles. The van der Waals surface area contributed by atoms with Gasteiger partial charge in [0.05, 0.1) is 15.9 Å². The highest BCUT2D eigenvalue weighted by atomic mass is 79.9. The molecule has 2 aromatic rings. The Bertz CT molecular complexity index is 642. The van der Waals surface area contributed by atoms with E-state index in [4.69, 9.17) is 0 Å². The van der Waals surface area contributed by atoms with Crippen LogP contribution in [0.2, 0.25) is 0 Å². The standard InChI is InChI=1S/C14H13BrN2O2/c1-9-2-4-10(5-3-9)17-8-11(15)12(16-17)14(6-7-14)13(18)19/h2-5,8H,6-7H2,1H3,(H,18,19). The lowest BCUT2D eigenvalue weighted by Gasteiger charge is -2.06. The summed E-state index contributed by atoms with van der Waals surface area (Å²) in [6.07, 6.45) is 3.14. The second kappa shape index (κ2) is 4.20. The van der Waals surface area contributed by atoms with Crippen LogP contribution in [0.3, 0.4) is 0 Å². The maximum atomic E-state index is 11.4. The second-order valence-corrected chi connectivity index (χ2v) is 5.85. The minimum Gasteiger partial charge on any atom is -0.481 e. The van der Waals surface area contributed by atoms with Crippen LogP contribution < -0.4 is 0 Å². The molecule has 1 aliphatic rings. The summed E-state index contributed by atoms with van der Waals surface area (Å²) in [5.41, 5.74) is 1.95. The first-order valence-electron chi connectivity index (χ1n) is 6.09. The van der Waals surface area contributed by atoms with Gasteiger partial charge in [-0.2, -0.15) is 5.10 Å². The van der Waals surface area contributed by atoms with Gasteiger partial charge in [0, 0.05) is 6.20 Å². The first-order valence-corrected chi connectivity index (χ1v) is 6.88. The van der Waals surface area contributed by atoms with Gasteiger partial charge in [-0.1, -0.05) is 17.7 Å². The van der Waals surface area contributed by atoms with Crippen LogP contribution in [0.1, 0.15) is 24.1 Å². The van der Waals surface area contributed by atoms with E-state index >= 15 is 0 Å². The quantitative estimate of drug-likeness (QED) is 0.945. The number of aryl methyl sites for hydroxylation is 1. The van der Waals surface area contributed by atoms with Crippen molar-refractivity contribution in [2.24, 2.45) is 0 Å². The minimum atomic E-state index is -0.789. The summed E-state index contributed by atoms with van der Waals surface area (Å²) in [5, 5.41) is 13.8. The van der Waals surface area contributed by atoms with E-state index in [9.17, 15) is 9.90 Å². The molecule has 0 atom stereocenters. The molecule has 1 N–H and O–H groups in total. The van der Waals surface area contributed by atoms with Crippen molar-refractivity contribution < 1.29 is 9.90 Å². The SMILES string of the molecule is Cc1ccc(-n2cc(Br)c(C3(C(=O)O)CC3)n2)cc1. The van der Waals surface area contributed by atoms with E-state index in [1.807, 2.05) is 37.4 Å². The minimum absolute atomic E-state index is 0.626. The number of halogens is 1.